The predicted octanol–water partition coefficient (Wildman–Crippen LogP) is 21.2. The fourth-order valence-electron chi connectivity index (χ4n) is 9.56. The molecule has 0 radical (unpaired) electrons. The third-order valence-corrected chi connectivity index (χ3v) is 13.9. The summed E-state index contributed by atoms with van der Waals surface area (Å²) in [5, 5.41) is 4.75. The van der Waals surface area contributed by atoms with Gasteiger partial charge in [0.2, 0.25) is 0 Å². The van der Waals surface area contributed by atoms with Gasteiger partial charge in [0.25, 0.3) is 0 Å². The fourth-order valence-corrected chi connectivity index (χ4v) is 9.56. The van der Waals surface area contributed by atoms with Gasteiger partial charge in [-0.05, 0) is 83.6 Å². The van der Waals surface area contributed by atoms with E-state index in [1.165, 1.54) is 253 Å². The third kappa shape index (κ3) is 28.0. The van der Waals surface area contributed by atoms with Crippen molar-refractivity contribution < 1.29 is 18.9 Å². The lowest BCUT2D eigenvalue weighted by Crippen LogP contribution is -2.03. The van der Waals surface area contributed by atoms with Crippen molar-refractivity contribution >= 4 is 21.5 Å². The van der Waals surface area contributed by atoms with Crippen LogP contribution in [-0.2, 0) is 0 Å². The number of fused-ring (bicyclic) bond motifs is 2. The average molecular weight is 916 g/mol. The average Bonchev–Trinajstić information content (AvgIpc) is 3.32. The summed E-state index contributed by atoms with van der Waals surface area (Å²) in [6.45, 7) is 12.1. The van der Waals surface area contributed by atoms with Crippen molar-refractivity contribution in [2.24, 2.45) is 0 Å². The Balaban J connectivity index is 1.66. The molecule has 66 heavy (non-hydrogen) atoms. The Hall–Kier alpha value is -2.62. The third-order valence-electron chi connectivity index (χ3n) is 13.9. The van der Waals surface area contributed by atoms with Gasteiger partial charge in [-0.15, -0.1) is 0 Å². The van der Waals surface area contributed by atoms with E-state index >= 15 is 0 Å². The second-order valence-electron chi connectivity index (χ2n) is 20.3. The van der Waals surface area contributed by atoms with Gasteiger partial charge in [0.05, 0.1) is 26.4 Å². The highest BCUT2D eigenvalue weighted by atomic mass is 16.5. The minimum Gasteiger partial charge on any atom is -0.490 e. The number of unbranched alkanes of at least 4 members (excludes halogenated alkanes) is 36. The van der Waals surface area contributed by atoms with E-state index in [0.29, 0.717) is 0 Å². The summed E-state index contributed by atoms with van der Waals surface area (Å²) < 4.78 is 26.3. The molecule has 0 saturated carbocycles. The summed E-state index contributed by atoms with van der Waals surface area (Å²) in [7, 11) is 0. The smallest absolute Gasteiger partial charge is 0.161 e. The number of hydrogen-bond donors (Lipinski definition) is 0. The van der Waals surface area contributed by atoms with Gasteiger partial charge in [-0.3, -0.25) is 0 Å². The Kier molecular flexibility index (Phi) is 36.2. The van der Waals surface area contributed by atoms with Crippen LogP contribution < -0.4 is 18.9 Å². The first kappa shape index (κ1) is 57.7. The molecule has 0 fully saturated rings. The second kappa shape index (κ2) is 41.4. The number of ether oxygens (including phenoxy) is 4. The van der Waals surface area contributed by atoms with Gasteiger partial charge in [0, 0.05) is 0 Å². The van der Waals surface area contributed by atoms with Gasteiger partial charge in [-0.2, -0.15) is 0 Å². The van der Waals surface area contributed by atoms with Crippen molar-refractivity contribution in [3.05, 3.63) is 36.4 Å². The molecule has 0 aliphatic heterocycles. The molecule has 0 unspecified atom stereocenters. The van der Waals surface area contributed by atoms with E-state index < -0.39 is 0 Å². The zero-order valence-electron chi connectivity index (χ0n) is 44.2. The second-order valence-corrected chi connectivity index (χ2v) is 20.3. The van der Waals surface area contributed by atoms with Gasteiger partial charge in [-0.1, -0.05) is 259 Å². The van der Waals surface area contributed by atoms with Crippen molar-refractivity contribution in [2.45, 2.75) is 285 Å². The maximum absolute atomic E-state index is 6.58. The normalized spacial score (nSPS) is 11.6. The largest absolute Gasteiger partial charge is 0.490 e. The molecule has 0 spiro atoms. The molecule has 0 atom stereocenters. The maximum atomic E-state index is 6.58. The van der Waals surface area contributed by atoms with Crippen LogP contribution in [0.5, 0.6) is 23.0 Å². The van der Waals surface area contributed by atoms with Crippen molar-refractivity contribution in [2.75, 3.05) is 26.4 Å². The topological polar surface area (TPSA) is 36.9 Å². The SMILES string of the molecule is CCCCCCCCCCCCOc1cc2cc3cc(OCCCCCCCCCCCC)c(OCCCCCCCCCCCC)cc3cc2cc1OCCCCCCCCCCCC. The first-order chi connectivity index (χ1) is 32.7. The summed E-state index contributed by atoms with van der Waals surface area (Å²) in [6, 6.07) is 13.6. The fraction of sp³-hybridized carbons (Fsp3) is 0.774. The maximum Gasteiger partial charge on any atom is 0.161 e. The quantitative estimate of drug-likeness (QED) is 0.0418. The van der Waals surface area contributed by atoms with E-state index in [-0.39, 0.29) is 0 Å². The van der Waals surface area contributed by atoms with E-state index in [2.05, 4.69) is 64.1 Å². The highest BCUT2D eigenvalue weighted by molar-refractivity contribution is 6.00. The molecular weight excluding hydrogens is 809 g/mol. The molecule has 3 aromatic carbocycles. The minimum absolute atomic E-state index is 0.737. The molecular formula is C62H106O4. The van der Waals surface area contributed by atoms with Crippen LogP contribution in [0.25, 0.3) is 21.5 Å². The number of rotatable bonds is 48. The molecule has 4 heteroatoms. The Morgan fingerprint density at radius 1 is 0.197 bits per heavy atom. The highest BCUT2D eigenvalue weighted by Crippen LogP contribution is 2.39. The summed E-state index contributed by atoms with van der Waals surface area (Å²) in [5.74, 6) is 3.55. The van der Waals surface area contributed by atoms with Crippen LogP contribution in [0, 0.1) is 0 Å². The Morgan fingerprint density at radius 3 is 0.515 bits per heavy atom. The first-order valence-electron chi connectivity index (χ1n) is 29.3. The summed E-state index contributed by atoms with van der Waals surface area (Å²) in [5.41, 5.74) is 0. The lowest BCUT2D eigenvalue weighted by atomic mass is 10.0. The van der Waals surface area contributed by atoms with Gasteiger partial charge in [-0.25, -0.2) is 0 Å². The van der Waals surface area contributed by atoms with Crippen LogP contribution in [0.2, 0.25) is 0 Å². The van der Waals surface area contributed by atoms with E-state index in [1.54, 1.807) is 0 Å². The van der Waals surface area contributed by atoms with Crippen LogP contribution >= 0.6 is 0 Å². The molecule has 0 bridgehead atoms. The van der Waals surface area contributed by atoms with Gasteiger partial charge in [0.15, 0.2) is 23.0 Å². The monoisotopic (exact) mass is 915 g/mol. The van der Waals surface area contributed by atoms with E-state index in [4.69, 9.17) is 18.9 Å². The minimum atomic E-state index is 0.737. The Morgan fingerprint density at radius 2 is 0.348 bits per heavy atom. The van der Waals surface area contributed by atoms with Crippen LogP contribution in [0.1, 0.15) is 285 Å². The summed E-state index contributed by atoms with van der Waals surface area (Å²) >= 11 is 0. The van der Waals surface area contributed by atoms with E-state index in [1.807, 2.05) is 0 Å². The lowest BCUT2D eigenvalue weighted by molar-refractivity contribution is 0.259. The zero-order chi connectivity index (χ0) is 46.8. The molecule has 4 nitrogen and oxygen atoms in total. The van der Waals surface area contributed by atoms with Gasteiger partial charge < -0.3 is 18.9 Å². The highest BCUT2D eigenvalue weighted by Gasteiger charge is 2.14. The van der Waals surface area contributed by atoms with Crippen molar-refractivity contribution in [3.63, 3.8) is 0 Å². The van der Waals surface area contributed by atoms with Crippen LogP contribution in [0.4, 0.5) is 0 Å². The molecule has 0 amide bonds. The van der Waals surface area contributed by atoms with Crippen LogP contribution in [-0.4, -0.2) is 26.4 Å². The number of benzene rings is 3. The summed E-state index contributed by atoms with van der Waals surface area (Å²) in [4.78, 5) is 0. The van der Waals surface area contributed by atoms with Crippen molar-refractivity contribution in [1.82, 2.24) is 0 Å². The molecule has 0 heterocycles. The molecule has 3 aromatic rings. The molecule has 0 saturated heterocycles. The van der Waals surface area contributed by atoms with Gasteiger partial charge in [0.1, 0.15) is 0 Å². The molecule has 0 aliphatic rings. The zero-order valence-corrected chi connectivity index (χ0v) is 44.2. The molecule has 3 rings (SSSR count). The lowest BCUT2D eigenvalue weighted by Gasteiger charge is -2.17. The van der Waals surface area contributed by atoms with Gasteiger partial charge >= 0.3 is 0 Å². The van der Waals surface area contributed by atoms with Crippen LogP contribution in [0.3, 0.4) is 0 Å². The first-order valence-corrected chi connectivity index (χ1v) is 29.3. The predicted molar refractivity (Wildman–Crippen MR) is 291 cm³/mol. The number of hydrogen-bond acceptors (Lipinski definition) is 4. The van der Waals surface area contributed by atoms with E-state index in [0.717, 1.165) is 75.1 Å². The van der Waals surface area contributed by atoms with Crippen LogP contribution in [0.15, 0.2) is 36.4 Å². The van der Waals surface area contributed by atoms with Crippen molar-refractivity contribution in [3.8, 4) is 23.0 Å². The molecule has 0 N–H and O–H groups in total. The standard InChI is InChI=1S/C62H106O4/c1-5-9-13-17-21-25-29-33-37-41-45-63-59-51-55-49-57-53-61(65-47-43-39-35-31-27-23-19-15-11-7-3)62(66-48-44-40-36-32-28-24-20-16-12-8-4)54-58(57)50-56(55)52-60(59)64-46-42-38-34-30-26-22-18-14-10-6-2/h49-54H,5-48H2,1-4H3. The molecule has 0 aromatic heterocycles. The molecule has 378 valence electrons. The van der Waals surface area contributed by atoms with E-state index in [9.17, 15) is 0 Å². The van der Waals surface area contributed by atoms with Crippen molar-refractivity contribution in [1.29, 1.82) is 0 Å². The Labute approximate surface area is 409 Å². The Bertz CT molecular complexity index is 1320. The summed E-state index contributed by atoms with van der Waals surface area (Å²) in [6.07, 6.45) is 53.0. The molecule has 0 aliphatic carbocycles.